The molecule has 0 unspecified atom stereocenters. The van der Waals surface area contributed by atoms with E-state index in [2.05, 4.69) is 0 Å². The number of hydrogen-bond acceptors (Lipinski definition) is 5. The second-order valence-electron chi connectivity index (χ2n) is 6.38. The van der Waals surface area contributed by atoms with E-state index in [0.29, 0.717) is 19.7 Å². The summed E-state index contributed by atoms with van der Waals surface area (Å²) >= 11 is 0. The van der Waals surface area contributed by atoms with Gasteiger partial charge in [0.05, 0.1) is 13.2 Å². The van der Waals surface area contributed by atoms with Gasteiger partial charge >= 0.3 is 6.09 Å². The maximum Gasteiger partial charge on any atom is 0.418 e. The average Bonchev–Trinajstić information content (AvgIpc) is 2.77. The van der Waals surface area contributed by atoms with Gasteiger partial charge in [-0.1, -0.05) is 30.3 Å². The average molecular weight is 332 g/mol. The number of carbonyl (C=O) groups excluding carboxylic acids is 3. The third kappa shape index (κ3) is 3.12. The lowest BCUT2D eigenvalue weighted by molar-refractivity contribution is -0.144. The maximum absolute atomic E-state index is 12.5. The van der Waals surface area contributed by atoms with Crippen molar-refractivity contribution >= 4 is 17.9 Å². The number of ether oxygens (including phenoxy) is 2. The highest BCUT2D eigenvalue weighted by Crippen LogP contribution is 2.25. The normalized spacial score (nSPS) is 23.3. The first-order chi connectivity index (χ1) is 11.4. The molecule has 1 aromatic rings. The van der Waals surface area contributed by atoms with Crippen molar-refractivity contribution in [3.63, 3.8) is 0 Å². The molecule has 24 heavy (non-hydrogen) atoms. The molecule has 0 bridgehead atoms. The second-order valence-corrected chi connectivity index (χ2v) is 6.38. The number of amides is 3. The van der Waals surface area contributed by atoms with E-state index in [4.69, 9.17) is 9.47 Å². The van der Waals surface area contributed by atoms with Crippen LogP contribution in [0, 0.1) is 0 Å². The fraction of sp³-hybridized carbons (Fsp3) is 0.471. The summed E-state index contributed by atoms with van der Waals surface area (Å²) in [7, 11) is 0. The molecule has 0 aliphatic carbocycles. The van der Waals surface area contributed by atoms with Crippen molar-refractivity contribution in [3.8, 4) is 0 Å². The summed E-state index contributed by atoms with van der Waals surface area (Å²) in [5, 5.41) is 0. The summed E-state index contributed by atoms with van der Waals surface area (Å²) in [6.45, 7) is 3.96. The van der Waals surface area contributed by atoms with E-state index in [0.717, 1.165) is 10.5 Å². The van der Waals surface area contributed by atoms with Crippen molar-refractivity contribution in [2.45, 2.75) is 25.6 Å². The van der Waals surface area contributed by atoms with Crippen LogP contribution in [-0.2, 0) is 19.1 Å². The molecule has 0 radical (unpaired) electrons. The third-order valence-electron chi connectivity index (χ3n) is 4.21. The molecule has 0 aromatic heterocycles. The van der Waals surface area contributed by atoms with E-state index in [9.17, 15) is 14.4 Å². The van der Waals surface area contributed by atoms with Gasteiger partial charge in [-0.3, -0.25) is 9.59 Å². The quantitative estimate of drug-likeness (QED) is 0.835. The van der Waals surface area contributed by atoms with Crippen LogP contribution in [0.25, 0.3) is 0 Å². The molecule has 1 aromatic carbocycles. The molecule has 0 spiro atoms. The molecular formula is C17H20N2O5. The minimum Gasteiger partial charge on any atom is -0.433 e. The summed E-state index contributed by atoms with van der Waals surface area (Å²) in [5.41, 5.74) is -0.220. The number of imide groups is 1. The number of morpholine rings is 1. The van der Waals surface area contributed by atoms with Gasteiger partial charge in [0, 0.05) is 6.54 Å². The van der Waals surface area contributed by atoms with E-state index in [-0.39, 0.29) is 18.6 Å². The number of carbonyl (C=O) groups is 3. The predicted octanol–water partition coefficient (Wildman–Crippen LogP) is 1.34. The standard InChI is InChI=1S/C17H20N2O5/c1-17(2)15(21)19(16(22)24-17)11-14(20)18-8-9-23-13(10-18)12-6-4-3-5-7-12/h3-7,13H,8-11H2,1-2H3/t13-/m1/s1. The Kier molecular flexibility index (Phi) is 4.28. The first kappa shape index (κ1) is 16.4. The lowest BCUT2D eigenvalue weighted by Gasteiger charge is -2.33. The van der Waals surface area contributed by atoms with Gasteiger partial charge in [0.15, 0.2) is 5.60 Å². The van der Waals surface area contributed by atoms with Gasteiger partial charge in [-0.25, -0.2) is 9.69 Å². The predicted molar refractivity (Wildman–Crippen MR) is 84.0 cm³/mol. The SMILES string of the molecule is CC1(C)OC(=O)N(CC(=O)N2CCO[C@@H](c3ccccc3)C2)C1=O. The molecule has 2 heterocycles. The fourth-order valence-electron chi connectivity index (χ4n) is 2.84. The minimum absolute atomic E-state index is 0.207. The zero-order valence-corrected chi connectivity index (χ0v) is 13.7. The van der Waals surface area contributed by atoms with Crippen molar-refractivity contribution in [3.05, 3.63) is 35.9 Å². The van der Waals surface area contributed by atoms with Crippen LogP contribution in [0.1, 0.15) is 25.5 Å². The van der Waals surface area contributed by atoms with Crippen LogP contribution in [-0.4, -0.2) is 59.5 Å². The van der Waals surface area contributed by atoms with E-state index >= 15 is 0 Å². The molecule has 7 nitrogen and oxygen atoms in total. The number of benzene rings is 1. The van der Waals surface area contributed by atoms with Gasteiger partial charge in [-0.15, -0.1) is 0 Å². The topological polar surface area (TPSA) is 76.2 Å². The number of hydrogen-bond donors (Lipinski definition) is 0. The highest BCUT2D eigenvalue weighted by atomic mass is 16.6. The largest absolute Gasteiger partial charge is 0.433 e. The molecule has 0 N–H and O–H groups in total. The molecular weight excluding hydrogens is 312 g/mol. The Morgan fingerprint density at radius 1 is 1.25 bits per heavy atom. The summed E-state index contributed by atoms with van der Waals surface area (Å²) in [5.74, 6) is -0.782. The van der Waals surface area contributed by atoms with Gasteiger partial charge in [-0.05, 0) is 19.4 Å². The van der Waals surface area contributed by atoms with Gasteiger partial charge in [0.2, 0.25) is 5.91 Å². The zero-order valence-electron chi connectivity index (χ0n) is 13.7. The van der Waals surface area contributed by atoms with Crippen molar-refractivity contribution in [2.75, 3.05) is 26.2 Å². The van der Waals surface area contributed by atoms with E-state index < -0.39 is 17.6 Å². The Bertz CT molecular complexity index is 658. The Labute approximate surface area is 140 Å². The molecule has 3 rings (SSSR count). The van der Waals surface area contributed by atoms with Crippen LogP contribution < -0.4 is 0 Å². The third-order valence-corrected chi connectivity index (χ3v) is 4.21. The lowest BCUT2D eigenvalue weighted by atomic mass is 10.1. The van der Waals surface area contributed by atoms with Crippen LogP contribution in [0.4, 0.5) is 4.79 Å². The summed E-state index contributed by atoms with van der Waals surface area (Å²) in [6.07, 6.45) is -0.979. The second kappa shape index (κ2) is 6.24. The van der Waals surface area contributed by atoms with Gasteiger partial charge < -0.3 is 14.4 Å². The van der Waals surface area contributed by atoms with Crippen molar-refractivity contribution < 1.29 is 23.9 Å². The summed E-state index contributed by atoms with van der Waals surface area (Å²) in [6, 6.07) is 9.65. The first-order valence-corrected chi connectivity index (χ1v) is 7.88. The van der Waals surface area contributed by atoms with Gasteiger partial charge in [-0.2, -0.15) is 0 Å². The molecule has 7 heteroatoms. The van der Waals surface area contributed by atoms with Crippen LogP contribution in [0.5, 0.6) is 0 Å². The number of rotatable bonds is 3. The molecule has 128 valence electrons. The zero-order chi connectivity index (χ0) is 17.3. The van der Waals surface area contributed by atoms with Gasteiger partial charge in [0.25, 0.3) is 5.91 Å². The first-order valence-electron chi connectivity index (χ1n) is 7.88. The number of nitrogens with zero attached hydrogens (tertiary/aromatic N) is 2. The minimum atomic E-state index is -1.21. The molecule has 2 aliphatic rings. The van der Waals surface area contributed by atoms with Gasteiger partial charge in [0.1, 0.15) is 12.6 Å². The fourth-order valence-corrected chi connectivity index (χ4v) is 2.84. The number of cyclic esters (lactones) is 1. The van der Waals surface area contributed by atoms with Crippen LogP contribution in [0.15, 0.2) is 30.3 Å². The summed E-state index contributed by atoms with van der Waals surface area (Å²) in [4.78, 5) is 38.9. The smallest absolute Gasteiger partial charge is 0.418 e. The lowest BCUT2D eigenvalue weighted by Crippen LogP contribution is -2.48. The Morgan fingerprint density at radius 3 is 2.58 bits per heavy atom. The van der Waals surface area contributed by atoms with Crippen LogP contribution >= 0.6 is 0 Å². The van der Waals surface area contributed by atoms with Crippen molar-refractivity contribution in [2.24, 2.45) is 0 Å². The van der Waals surface area contributed by atoms with Crippen LogP contribution in [0.3, 0.4) is 0 Å². The highest BCUT2D eigenvalue weighted by Gasteiger charge is 2.48. The van der Waals surface area contributed by atoms with E-state index in [1.807, 2.05) is 30.3 Å². The monoisotopic (exact) mass is 332 g/mol. The van der Waals surface area contributed by atoms with E-state index in [1.165, 1.54) is 13.8 Å². The van der Waals surface area contributed by atoms with Crippen molar-refractivity contribution in [1.82, 2.24) is 9.80 Å². The molecule has 0 saturated carbocycles. The molecule has 3 amide bonds. The van der Waals surface area contributed by atoms with E-state index in [1.54, 1.807) is 4.90 Å². The molecule has 2 fully saturated rings. The Morgan fingerprint density at radius 2 is 1.96 bits per heavy atom. The summed E-state index contributed by atoms with van der Waals surface area (Å²) < 4.78 is 10.7. The van der Waals surface area contributed by atoms with Crippen molar-refractivity contribution in [1.29, 1.82) is 0 Å². The van der Waals surface area contributed by atoms with Crippen LogP contribution in [0.2, 0.25) is 0 Å². The Hall–Kier alpha value is -2.41. The molecule has 2 saturated heterocycles. The maximum atomic E-state index is 12.5. The molecule has 1 atom stereocenters. The highest BCUT2D eigenvalue weighted by molar-refractivity contribution is 6.04. The Balaban J connectivity index is 1.65. The molecule has 2 aliphatic heterocycles.